The van der Waals surface area contributed by atoms with Crippen LogP contribution in [0.1, 0.15) is 35.8 Å². The zero-order chi connectivity index (χ0) is 12.4. The maximum Gasteiger partial charge on any atom is 0.257 e. The molecule has 0 aliphatic carbocycles. The van der Waals surface area contributed by atoms with E-state index in [2.05, 4.69) is 5.10 Å². The molecule has 4 nitrogen and oxygen atoms in total. The van der Waals surface area contributed by atoms with Crippen molar-refractivity contribution in [3.8, 4) is 0 Å². The number of halogens is 1. The lowest BCUT2D eigenvalue weighted by atomic mass is 10.1. The molecule has 0 saturated carbocycles. The van der Waals surface area contributed by atoms with Crippen LogP contribution in [-0.2, 0) is 13.5 Å². The monoisotopic (exact) mass is 255 g/mol. The number of carbonyl (C=O) groups is 1. The van der Waals surface area contributed by atoms with Crippen LogP contribution in [0.2, 0.25) is 0 Å². The van der Waals surface area contributed by atoms with Gasteiger partial charge in [-0.25, -0.2) is 0 Å². The lowest BCUT2D eigenvalue weighted by Gasteiger charge is -2.22. The maximum absolute atomic E-state index is 12.4. The van der Waals surface area contributed by atoms with Crippen molar-refractivity contribution in [1.29, 1.82) is 0 Å². The number of aromatic nitrogens is 2. The fourth-order valence-electron chi connectivity index (χ4n) is 2.39. The number of likely N-dealkylation sites (tertiary alicyclic amines) is 1. The van der Waals surface area contributed by atoms with Gasteiger partial charge in [0.25, 0.3) is 5.91 Å². The number of rotatable bonds is 3. The number of hydrogen-bond acceptors (Lipinski definition) is 2. The summed E-state index contributed by atoms with van der Waals surface area (Å²) in [5.74, 6) is 0.603. The lowest BCUT2D eigenvalue weighted by molar-refractivity contribution is 0.0748. The van der Waals surface area contributed by atoms with Crippen LogP contribution in [0.15, 0.2) is 6.20 Å². The number of nitrogens with zero attached hydrogens (tertiary/aromatic N) is 3. The minimum absolute atomic E-state index is 0.0816. The van der Waals surface area contributed by atoms with Crippen molar-refractivity contribution in [2.75, 3.05) is 12.4 Å². The number of hydrogen-bond donors (Lipinski definition) is 0. The summed E-state index contributed by atoms with van der Waals surface area (Å²) in [7, 11) is 1.85. The summed E-state index contributed by atoms with van der Waals surface area (Å²) in [5, 5.41) is 4.31. The summed E-state index contributed by atoms with van der Waals surface area (Å²) in [6.45, 7) is 2.83. The Labute approximate surface area is 107 Å². The van der Waals surface area contributed by atoms with E-state index >= 15 is 0 Å². The Kier molecular flexibility index (Phi) is 3.72. The molecule has 1 atom stereocenters. The Bertz CT molecular complexity index is 416. The Morgan fingerprint density at radius 3 is 3.06 bits per heavy atom. The average Bonchev–Trinajstić information content (AvgIpc) is 2.93. The van der Waals surface area contributed by atoms with Crippen LogP contribution in [0.5, 0.6) is 0 Å². The summed E-state index contributed by atoms with van der Waals surface area (Å²) < 4.78 is 1.71. The average molecular weight is 256 g/mol. The van der Waals surface area contributed by atoms with Crippen LogP contribution in [-0.4, -0.2) is 39.1 Å². The lowest BCUT2D eigenvalue weighted by Crippen LogP contribution is -2.36. The molecule has 1 fully saturated rings. The summed E-state index contributed by atoms with van der Waals surface area (Å²) in [4.78, 5) is 14.3. The van der Waals surface area contributed by atoms with Crippen molar-refractivity contribution >= 4 is 17.5 Å². The molecule has 1 aromatic heterocycles. The largest absolute Gasteiger partial charge is 0.334 e. The molecular weight excluding hydrogens is 238 g/mol. The number of amides is 1. The molecule has 0 bridgehead atoms. The molecule has 1 amide bonds. The fraction of sp³-hybridized carbons (Fsp3) is 0.667. The van der Waals surface area contributed by atoms with Gasteiger partial charge in [0.15, 0.2) is 0 Å². The van der Waals surface area contributed by atoms with Gasteiger partial charge in [-0.05, 0) is 19.3 Å². The van der Waals surface area contributed by atoms with E-state index < -0.39 is 0 Å². The summed E-state index contributed by atoms with van der Waals surface area (Å²) in [6.07, 6.45) is 4.65. The van der Waals surface area contributed by atoms with Crippen LogP contribution in [0.25, 0.3) is 0 Å². The van der Waals surface area contributed by atoms with Gasteiger partial charge in [0, 0.05) is 31.7 Å². The van der Waals surface area contributed by atoms with Gasteiger partial charge in [-0.1, -0.05) is 6.92 Å². The van der Waals surface area contributed by atoms with E-state index in [-0.39, 0.29) is 11.9 Å². The van der Waals surface area contributed by atoms with Gasteiger partial charge in [0.2, 0.25) is 0 Å². The molecule has 1 unspecified atom stereocenters. The molecule has 1 aliphatic heterocycles. The van der Waals surface area contributed by atoms with Crippen molar-refractivity contribution in [3.63, 3.8) is 0 Å². The van der Waals surface area contributed by atoms with Gasteiger partial charge in [0.05, 0.1) is 11.3 Å². The third-order valence-electron chi connectivity index (χ3n) is 3.29. The highest BCUT2D eigenvalue weighted by Gasteiger charge is 2.30. The number of carbonyl (C=O) groups excluding carboxylic acids is 1. The van der Waals surface area contributed by atoms with Gasteiger partial charge in [-0.2, -0.15) is 5.10 Å². The molecule has 5 heteroatoms. The number of aryl methyl sites for hydroxylation is 2. The van der Waals surface area contributed by atoms with Crippen molar-refractivity contribution in [1.82, 2.24) is 14.7 Å². The minimum atomic E-state index is 0.0816. The second-order valence-electron chi connectivity index (χ2n) is 4.47. The standard InChI is InChI=1S/C12H18ClN3O/c1-3-11-10(8-15(2)14-11)12(17)16-6-4-5-9(16)7-13/h8-9H,3-7H2,1-2H3. The van der Waals surface area contributed by atoms with E-state index in [1.54, 1.807) is 4.68 Å². The van der Waals surface area contributed by atoms with E-state index in [9.17, 15) is 4.79 Å². The molecule has 1 saturated heterocycles. The molecule has 2 rings (SSSR count). The second kappa shape index (κ2) is 5.08. The molecule has 94 valence electrons. The van der Waals surface area contributed by atoms with Crippen LogP contribution < -0.4 is 0 Å². The quantitative estimate of drug-likeness (QED) is 0.773. The highest BCUT2D eigenvalue weighted by molar-refractivity contribution is 6.18. The Hall–Kier alpha value is -1.03. The SMILES string of the molecule is CCc1nn(C)cc1C(=O)N1CCCC1CCl. The topological polar surface area (TPSA) is 38.1 Å². The van der Waals surface area contributed by atoms with E-state index in [0.717, 1.165) is 37.1 Å². The molecule has 17 heavy (non-hydrogen) atoms. The first-order valence-electron chi connectivity index (χ1n) is 6.06. The van der Waals surface area contributed by atoms with Crippen molar-refractivity contribution in [3.05, 3.63) is 17.5 Å². The first kappa shape index (κ1) is 12.4. The Morgan fingerprint density at radius 1 is 1.65 bits per heavy atom. The predicted molar refractivity (Wildman–Crippen MR) is 67.4 cm³/mol. The molecule has 0 radical (unpaired) electrons. The highest BCUT2D eigenvalue weighted by atomic mass is 35.5. The second-order valence-corrected chi connectivity index (χ2v) is 4.77. The zero-order valence-electron chi connectivity index (χ0n) is 10.3. The van der Waals surface area contributed by atoms with Crippen molar-refractivity contribution in [2.24, 2.45) is 7.05 Å². The third-order valence-corrected chi connectivity index (χ3v) is 3.64. The van der Waals surface area contributed by atoms with E-state index in [0.29, 0.717) is 5.88 Å². The molecule has 0 N–H and O–H groups in total. The predicted octanol–water partition coefficient (Wildman–Crippen LogP) is 1.83. The van der Waals surface area contributed by atoms with Gasteiger partial charge >= 0.3 is 0 Å². The molecule has 0 spiro atoms. The van der Waals surface area contributed by atoms with Crippen LogP contribution >= 0.6 is 11.6 Å². The first-order chi connectivity index (χ1) is 8.17. The molecule has 0 aromatic carbocycles. The van der Waals surface area contributed by atoms with E-state index in [1.165, 1.54) is 0 Å². The fourth-order valence-corrected chi connectivity index (χ4v) is 2.71. The summed E-state index contributed by atoms with van der Waals surface area (Å²) in [6, 6.07) is 0.189. The van der Waals surface area contributed by atoms with Crippen LogP contribution in [0.4, 0.5) is 0 Å². The molecule has 1 aliphatic rings. The van der Waals surface area contributed by atoms with E-state index in [4.69, 9.17) is 11.6 Å². The maximum atomic E-state index is 12.4. The third kappa shape index (κ3) is 2.32. The normalized spacial score (nSPS) is 19.9. The van der Waals surface area contributed by atoms with Crippen LogP contribution in [0, 0.1) is 0 Å². The van der Waals surface area contributed by atoms with Crippen LogP contribution in [0.3, 0.4) is 0 Å². The van der Waals surface area contributed by atoms with Gasteiger partial charge in [0.1, 0.15) is 0 Å². The minimum Gasteiger partial charge on any atom is -0.334 e. The highest BCUT2D eigenvalue weighted by Crippen LogP contribution is 2.22. The van der Waals surface area contributed by atoms with Gasteiger partial charge in [-0.3, -0.25) is 9.48 Å². The van der Waals surface area contributed by atoms with E-state index in [1.807, 2.05) is 25.1 Å². The molecule has 2 heterocycles. The smallest absolute Gasteiger partial charge is 0.257 e. The molecular formula is C12H18ClN3O. The summed E-state index contributed by atoms with van der Waals surface area (Å²) >= 11 is 5.90. The Balaban J connectivity index is 2.24. The van der Waals surface area contributed by atoms with Gasteiger partial charge < -0.3 is 4.90 Å². The molecule has 1 aromatic rings. The first-order valence-corrected chi connectivity index (χ1v) is 6.60. The zero-order valence-corrected chi connectivity index (χ0v) is 11.1. The number of alkyl halides is 1. The van der Waals surface area contributed by atoms with Gasteiger partial charge in [-0.15, -0.1) is 11.6 Å². The summed E-state index contributed by atoms with van der Waals surface area (Å²) in [5.41, 5.74) is 1.60. The van der Waals surface area contributed by atoms with Crippen molar-refractivity contribution in [2.45, 2.75) is 32.2 Å². The Morgan fingerprint density at radius 2 is 2.41 bits per heavy atom. The van der Waals surface area contributed by atoms with Crippen molar-refractivity contribution < 1.29 is 4.79 Å².